The molecule has 12 aromatic rings. The molecule has 2 aliphatic carbocycles. The molecule has 0 radical (unpaired) electrons. The predicted octanol–water partition coefficient (Wildman–Crippen LogP) is 15.2. The van der Waals surface area contributed by atoms with E-state index in [4.69, 9.17) is 19.4 Å². The van der Waals surface area contributed by atoms with Gasteiger partial charge in [-0.3, -0.25) is 0 Å². The number of furan rings is 1. The quantitative estimate of drug-likeness (QED) is 0.177. The van der Waals surface area contributed by atoms with Gasteiger partial charge >= 0.3 is 6.18 Å². The van der Waals surface area contributed by atoms with Gasteiger partial charge in [-0.15, -0.1) is 0 Å². The third kappa shape index (κ3) is 5.18. The molecule has 0 fully saturated rings. The van der Waals surface area contributed by atoms with Gasteiger partial charge < -0.3 is 8.98 Å². The molecule has 3 aromatic heterocycles. The number of halogens is 3. The predicted molar refractivity (Wildman–Crippen MR) is 259 cm³/mol. The van der Waals surface area contributed by atoms with Crippen LogP contribution in [0.5, 0.6) is 0 Å². The maximum atomic E-state index is 16.5. The van der Waals surface area contributed by atoms with E-state index in [1.165, 1.54) is 28.3 Å². The van der Waals surface area contributed by atoms with Crippen molar-refractivity contribution in [3.63, 3.8) is 0 Å². The van der Waals surface area contributed by atoms with Crippen LogP contribution in [0.4, 0.5) is 13.2 Å². The molecule has 14 rings (SSSR count). The molecule has 0 amide bonds. The maximum absolute atomic E-state index is 16.5. The molecule has 0 N–H and O–H groups in total. The summed E-state index contributed by atoms with van der Waals surface area (Å²) in [5.41, 5.74) is 11.0. The number of hydrogen-bond acceptors (Lipinski definition) is 4. The van der Waals surface area contributed by atoms with E-state index in [-0.39, 0.29) is 22.7 Å². The highest BCUT2D eigenvalue weighted by Gasteiger charge is 2.52. The molecule has 0 saturated carbocycles. The van der Waals surface area contributed by atoms with Crippen molar-refractivity contribution in [2.75, 3.05) is 0 Å². The van der Waals surface area contributed by atoms with Crippen LogP contribution < -0.4 is 0 Å². The SMILES string of the molecule is FC(F)(F)c1cc(-c2nc(-c3ccccc3)nc(-c3ccccc3)n2)c2oc3ccccc3c2c1-n1c2ccccc2c2cc3c(cc21)-c1ccccc1C31c2ccccc2-c2ccccc21. The van der Waals surface area contributed by atoms with Gasteiger partial charge in [-0.2, -0.15) is 13.2 Å². The van der Waals surface area contributed by atoms with Crippen LogP contribution in [0.1, 0.15) is 27.8 Å². The highest BCUT2D eigenvalue weighted by molar-refractivity contribution is 6.18. The van der Waals surface area contributed by atoms with Crippen LogP contribution in [-0.2, 0) is 11.6 Å². The van der Waals surface area contributed by atoms with Crippen LogP contribution in [0.2, 0.25) is 0 Å². The Balaban J connectivity index is 1.11. The lowest BCUT2D eigenvalue weighted by Crippen LogP contribution is -2.25. The second kappa shape index (κ2) is 13.7. The number of para-hydroxylation sites is 2. The van der Waals surface area contributed by atoms with Gasteiger partial charge in [0.15, 0.2) is 17.5 Å². The number of hydrogen-bond donors (Lipinski definition) is 0. The molecule has 0 unspecified atom stereocenters. The summed E-state index contributed by atoms with van der Waals surface area (Å²) in [5, 5.41) is 2.53. The summed E-state index contributed by atoms with van der Waals surface area (Å²) in [6, 6.07) is 65.1. The average Bonchev–Trinajstić information content (AvgIpc) is 4.09. The van der Waals surface area contributed by atoms with Crippen LogP contribution >= 0.6 is 0 Å². The van der Waals surface area contributed by atoms with E-state index in [2.05, 4.69) is 78.9 Å². The molecule has 0 aliphatic heterocycles. The van der Waals surface area contributed by atoms with Crippen LogP contribution in [0, 0.1) is 0 Å². The Bertz CT molecular complexity index is 3940. The molecule has 316 valence electrons. The third-order valence-corrected chi connectivity index (χ3v) is 13.9. The van der Waals surface area contributed by atoms with Crippen molar-refractivity contribution in [3.05, 3.63) is 228 Å². The van der Waals surface area contributed by atoms with Crippen molar-refractivity contribution >= 4 is 43.7 Å². The minimum absolute atomic E-state index is 0.0273. The molecule has 0 atom stereocenters. The van der Waals surface area contributed by atoms with Crippen LogP contribution in [0.25, 0.3) is 106 Å². The summed E-state index contributed by atoms with van der Waals surface area (Å²) in [6.45, 7) is 0. The first kappa shape index (κ1) is 37.7. The van der Waals surface area contributed by atoms with E-state index in [0.717, 1.165) is 33.0 Å². The summed E-state index contributed by atoms with van der Waals surface area (Å²) < 4.78 is 57.9. The van der Waals surface area contributed by atoms with Gasteiger partial charge in [-0.1, -0.05) is 170 Å². The van der Waals surface area contributed by atoms with E-state index in [9.17, 15) is 0 Å². The highest BCUT2D eigenvalue weighted by atomic mass is 19.4. The third-order valence-electron chi connectivity index (χ3n) is 13.9. The zero-order chi connectivity index (χ0) is 44.6. The Morgan fingerprint density at radius 3 is 1.54 bits per heavy atom. The fraction of sp³-hybridized carbons (Fsp3) is 0.0339. The Morgan fingerprint density at radius 1 is 0.418 bits per heavy atom. The topological polar surface area (TPSA) is 56.7 Å². The van der Waals surface area contributed by atoms with Gasteiger partial charge in [0.25, 0.3) is 0 Å². The Morgan fingerprint density at radius 2 is 0.925 bits per heavy atom. The molecule has 67 heavy (non-hydrogen) atoms. The molecule has 3 heterocycles. The first-order chi connectivity index (χ1) is 32.9. The largest absolute Gasteiger partial charge is 0.455 e. The van der Waals surface area contributed by atoms with Gasteiger partial charge in [0.05, 0.1) is 38.6 Å². The number of rotatable bonds is 4. The molecule has 5 nitrogen and oxygen atoms in total. The van der Waals surface area contributed by atoms with Crippen molar-refractivity contribution in [3.8, 4) is 62.1 Å². The second-order valence-corrected chi connectivity index (χ2v) is 17.3. The van der Waals surface area contributed by atoms with Crippen molar-refractivity contribution in [2.24, 2.45) is 0 Å². The summed E-state index contributed by atoms with van der Waals surface area (Å²) >= 11 is 0. The Hall–Kier alpha value is -8.62. The van der Waals surface area contributed by atoms with Crippen LogP contribution in [0.3, 0.4) is 0 Å². The molecule has 8 heteroatoms. The van der Waals surface area contributed by atoms with Gasteiger partial charge in [0, 0.05) is 27.3 Å². The second-order valence-electron chi connectivity index (χ2n) is 17.3. The molecular formula is C59H33F3N4O. The van der Waals surface area contributed by atoms with Crippen LogP contribution in [-0.4, -0.2) is 19.5 Å². The first-order valence-corrected chi connectivity index (χ1v) is 22.2. The number of aromatic nitrogens is 4. The molecular weight excluding hydrogens is 838 g/mol. The monoisotopic (exact) mass is 870 g/mol. The number of benzene rings is 9. The molecule has 0 bridgehead atoms. The summed E-state index contributed by atoms with van der Waals surface area (Å²) in [5.74, 6) is 0.717. The number of alkyl halides is 3. The summed E-state index contributed by atoms with van der Waals surface area (Å²) in [6.07, 6.45) is -4.84. The normalized spacial score (nSPS) is 13.4. The lowest BCUT2D eigenvalue weighted by atomic mass is 9.70. The zero-order valence-corrected chi connectivity index (χ0v) is 35.4. The van der Waals surface area contributed by atoms with E-state index in [1.54, 1.807) is 6.07 Å². The van der Waals surface area contributed by atoms with E-state index >= 15 is 13.2 Å². The van der Waals surface area contributed by atoms with Crippen molar-refractivity contribution in [1.82, 2.24) is 19.5 Å². The van der Waals surface area contributed by atoms with E-state index in [0.29, 0.717) is 50.2 Å². The van der Waals surface area contributed by atoms with E-state index < -0.39 is 17.2 Å². The fourth-order valence-corrected chi connectivity index (χ4v) is 11.2. The minimum Gasteiger partial charge on any atom is -0.455 e. The molecule has 0 saturated heterocycles. The molecule has 9 aromatic carbocycles. The lowest BCUT2D eigenvalue weighted by molar-refractivity contribution is -0.137. The fourth-order valence-electron chi connectivity index (χ4n) is 11.2. The van der Waals surface area contributed by atoms with Crippen molar-refractivity contribution in [1.29, 1.82) is 0 Å². The summed E-state index contributed by atoms with van der Waals surface area (Å²) in [7, 11) is 0. The number of nitrogens with zero attached hydrogens (tertiary/aromatic N) is 4. The van der Waals surface area contributed by atoms with Crippen LogP contribution in [0.15, 0.2) is 205 Å². The molecule has 2 aliphatic rings. The standard InChI is InChI=1S/C59H33F3N4O/c60-59(61,62)48-32-43(57-64-55(34-17-3-1-4-18-34)63-56(65-57)35-19-5-2-6-20-35)54-52(40-25-11-16-30-51(40)67-54)53(48)66-49-29-15-10-24-39(49)42-31-47-41(33-50(42)66)38-23-9-14-28-46(38)58(47)44-26-12-7-21-36(44)37-22-8-13-27-45(37)58/h1-33H. The van der Waals surface area contributed by atoms with Crippen molar-refractivity contribution in [2.45, 2.75) is 11.6 Å². The van der Waals surface area contributed by atoms with Gasteiger partial charge in [0.2, 0.25) is 0 Å². The van der Waals surface area contributed by atoms with Gasteiger partial charge in [0.1, 0.15) is 11.2 Å². The number of fused-ring (bicyclic) bond motifs is 16. The average molecular weight is 871 g/mol. The Labute approximate surface area is 381 Å². The first-order valence-electron chi connectivity index (χ1n) is 22.2. The smallest absolute Gasteiger partial charge is 0.418 e. The highest BCUT2D eigenvalue weighted by Crippen LogP contribution is 2.63. The van der Waals surface area contributed by atoms with E-state index in [1.807, 2.05) is 114 Å². The lowest BCUT2D eigenvalue weighted by Gasteiger charge is -2.30. The molecule has 1 spiro atoms. The minimum atomic E-state index is -4.84. The summed E-state index contributed by atoms with van der Waals surface area (Å²) in [4.78, 5) is 14.6. The maximum Gasteiger partial charge on any atom is 0.418 e. The Kier molecular flexibility index (Phi) is 7.71. The van der Waals surface area contributed by atoms with Gasteiger partial charge in [-0.25, -0.2) is 15.0 Å². The van der Waals surface area contributed by atoms with Crippen molar-refractivity contribution < 1.29 is 17.6 Å². The van der Waals surface area contributed by atoms with Gasteiger partial charge in [-0.05, 0) is 74.8 Å². The zero-order valence-electron chi connectivity index (χ0n) is 35.4.